The summed E-state index contributed by atoms with van der Waals surface area (Å²) >= 11 is 0. The number of alkyl carbamates (subject to hydrolysis) is 2. The van der Waals surface area contributed by atoms with Crippen LogP contribution in [-0.2, 0) is 15.9 Å². The average Bonchev–Trinajstić information content (AvgIpc) is 2.53. The Hall–Kier alpha value is -2.77. The molecule has 0 aliphatic rings. The van der Waals surface area contributed by atoms with Gasteiger partial charge in [0.25, 0.3) is 0 Å². The first-order valence-electron chi connectivity index (χ1n) is 9.75. The van der Waals surface area contributed by atoms with Crippen LogP contribution in [0.5, 0.6) is 0 Å². The zero-order chi connectivity index (χ0) is 22.1. The molecule has 0 saturated carbocycles. The molecule has 0 aromatic heterocycles. The summed E-state index contributed by atoms with van der Waals surface area (Å²) in [5.74, 6) is 0.320. The monoisotopic (exact) mass is 406 g/mol. The molecule has 0 aliphatic heterocycles. The maximum absolute atomic E-state index is 11.9. The number of aliphatic imine (C=N–C) groups is 1. The number of guanidine groups is 1. The van der Waals surface area contributed by atoms with Crippen LogP contribution in [0.15, 0.2) is 29.3 Å². The van der Waals surface area contributed by atoms with E-state index in [2.05, 4.69) is 20.9 Å². The quantitative estimate of drug-likeness (QED) is 0.505. The second kappa shape index (κ2) is 10.7. The number of carbonyl (C=O) groups excluding carboxylic acids is 2. The van der Waals surface area contributed by atoms with Gasteiger partial charge in [0.05, 0.1) is 0 Å². The van der Waals surface area contributed by atoms with E-state index >= 15 is 0 Å². The van der Waals surface area contributed by atoms with E-state index in [1.54, 1.807) is 20.8 Å². The molecular formula is C21H34N4O4. The molecule has 1 rings (SSSR count). The third-order valence-electron chi connectivity index (χ3n) is 3.23. The number of hydrogen-bond acceptors (Lipinski definition) is 5. The third kappa shape index (κ3) is 11.6. The predicted molar refractivity (Wildman–Crippen MR) is 115 cm³/mol. The molecule has 162 valence electrons. The van der Waals surface area contributed by atoms with Gasteiger partial charge >= 0.3 is 12.2 Å². The number of amides is 2. The number of hydrogen-bond donors (Lipinski definition) is 3. The molecule has 0 radical (unpaired) electrons. The van der Waals surface area contributed by atoms with Gasteiger partial charge in [0.2, 0.25) is 5.96 Å². The zero-order valence-electron chi connectivity index (χ0n) is 18.5. The maximum Gasteiger partial charge on any atom is 0.414 e. The van der Waals surface area contributed by atoms with Crippen molar-refractivity contribution in [2.75, 3.05) is 18.4 Å². The van der Waals surface area contributed by atoms with E-state index in [-0.39, 0.29) is 0 Å². The maximum atomic E-state index is 11.9. The lowest BCUT2D eigenvalue weighted by Crippen LogP contribution is -2.40. The summed E-state index contributed by atoms with van der Waals surface area (Å²) in [5.41, 5.74) is 0.733. The molecule has 0 fully saturated rings. The second-order valence-corrected chi connectivity index (χ2v) is 8.45. The van der Waals surface area contributed by atoms with E-state index in [9.17, 15) is 9.59 Å². The first-order chi connectivity index (χ1) is 13.4. The Kier molecular flexibility index (Phi) is 8.94. The Morgan fingerprint density at radius 1 is 0.931 bits per heavy atom. The summed E-state index contributed by atoms with van der Waals surface area (Å²) in [7, 11) is 0. The van der Waals surface area contributed by atoms with Crippen molar-refractivity contribution in [1.29, 1.82) is 0 Å². The molecule has 1 aromatic rings. The summed E-state index contributed by atoms with van der Waals surface area (Å²) in [6.07, 6.45) is -0.322. The number of carbonyl (C=O) groups is 2. The fraction of sp³-hybridized carbons (Fsp3) is 0.571. The van der Waals surface area contributed by atoms with Crippen molar-refractivity contribution in [3.05, 3.63) is 29.8 Å². The highest BCUT2D eigenvalue weighted by molar-refractivity contribution is 6.02. The highest BCUT2D eigenvalue weighted by atomic mass is 16.6. The van der Waals surface area contributed by atoms with Crippen molar-refractivity contribution in [3.8, 4) is 0 Å². The Labute approximate surface area is 173 Å². The van der Waals surface area contributed by atoms with Crippen LogP contribution in [0.2, 0.25) is 0 Å². The number of benzene rings is 1. The minimum atomic E-state index is -0.587. The van der Waals surface area contributed by atoms with Gasteiger partial charge in [-0.2, -0.15) is 0 Å². The molecule has 0 unspecified atom stereocenters. The number of anilines is 1. The van der Waals surface area contributed by atoms with Crippen LogP contribution < -0.4 is 16.0 Å². The third-order valence-corrected chi connectivity index (χ3v) is 3.23. The summed E-state index contributed by atoms with van der Waals surface area (Å²) in [6.45, 7) is 13.7. The number of ether oxygens (including phenoxy) is 2. The molecular weight excluding hydrogens is 372 g/mol. The molecule has 0 heterocycles. The number of nitrogens with one attached hydrogen (secondary N) is 3. The number of nitrogens with zero attached hydrogens (tertiary/aromatic N) is 1. The lowest BCUT2D eigenvalue weighted by molar-refractivity contribution is 0.0525. The van der Waals surface area contributed by atoms with Gasteiger partial charge in [-0.15, -0.1) is 0 Å². The van der Waals surface area contributed by atoms with Gasteiger partial charge in [0.1, 0.15) is 11.2 Å². The van der Waals surface area contributed by atoms with Gasteiger partial charge in [0, 0.05) is 18.8 Å². The van der Waals surface area contributed by atoms with E-state index < -0.39 is 23.4 Å². The highest BCUT2D eigenvalue weighted by Crippen LogP contribution is 2.11. The second-order valence-electron chi connectivity index (χ2n) is 8.45. The molecule has 29 heavy (non-hydrogen) atoms. The van der Waals surface area contributed by atoms with Crippen molar-refractivity contribution in [2.24, 2.45) is 4.99 Å². The largest absolute Gasteiger partial charge is 0.444 e. The Morgan fingerprint density at radius 3 is 2.00 bits per heavy atom. The molecule has 0 atom stereocenters. The number of rotatable bonds is 5. The van der Waals surface area contributed by atoms with Crippen molar-refractivity contribution in [2.45, 2.75) is 66.1 Å². The van der Waals surface area contributed by atoms with Crippen LogP contribution in [0.25, 0.3) is 0 Å². The van der Waals surface area contributed by atoms with E-state index in [0.717, 1.165) is 11.3 Å². The predicted octanol–water partition coefficient (Wildman–Crippen LogP) is 4.07. The van der Waals surface area contributed by atoms with Crippen molar-refractivity contribution in [1.82, 2.24) is 10.6 Å². The van der Waals surface area contributed by atoms with Crippen LogP contribution in [-0.4, -0.2) is 42.4 Å². The van der Waals surface area contributed by atoms with Crippen LogP contribution in [0.3, 0.4) is 0 Å². The summed E-state index contributed by atoms with van der Waals surface area (Å²) in [4.78, 5) is 27.9. The summed E-state index contributed by atoms with van der Waals surface area (Å²) < 4.78 is 10.5. The SMILES string of the molecule is CCN=C(NC(=O)OC(C)(C)C)Nc1ccc(CCNC(=O)OC(C)(C)C)cc1. The lowest BCUT2D eigenvalue weighted by Gasteiger charge is -2.20. The van der Waals surface area contributed by atoms with E-state index in [4.69, 9.17) is 9.47 Å². The standard InChI is InChI=1S/C21H34N4O4/c1-8-22-17(25-19(27)29-21(5,6)7)24-16-11-9-15(10-12-16)13-14-23-18(26)28-20(2,3)4/h9-12H,8,13-14H2,1-7H3,(H,23,26)(H2,22,24,25,27). The molecule has 3 N–H and O–H groups in total. The first-order valence-corrected chi connectivity index (χ1v) is 9.75. The van der Waals surface area contributed by atoms with Gasteiger partial charge in [-0.3, -0.25) is 10.3 Å². The fourth-order valence-corrected chi connectivity index (χ4v) is 2.18. The minimum absolute atomic E-state index is 0.320. The smallest absolute Gasteiger partial charge is 0.414 e. The Balaban J connectivity index is 2.55. The molecule has 8 nitrogen and oxygen atoms in total. The van der Waals surface area contributed by atoms with Crippen LogP contribution >= 0.6 is 0 Å². The molecule has 2 amide bonds. The fourth-order valence-electron chi connectivity index (χ4n) is 2.18. The summed E-state index contributed by atoms with van der Waals surface area (Å²) in [6, 6.07) is 7.64. The lowest BCUT2D eigenvalue weighted by atomic mass is 10.1. The Bertz CT molecular complexity index is 701. The molecule has 8 heteroatoms. The molecule has 0 spiro atoms. The zero-order valence-corrected chi connectivity index (χ0v) is 18.5. The van der Waals surface area contributed by atoms with Crippen LogP contribution in [0, 0.1) is 0 Å². The molecule has 0 saturated heterocycles. The van der Waals surface area contributed by atoms with Crippen molar-refractivity contribution in [3.63, 3.8) is 0 Å². The molecule has 1 aromatic carbocycles. The summed E-state index contributed by atoms with van der Waals surface area (Å²) in [5, 5.41) is 8.43. The average molecular weight is 407 g/mol. The van der Waals surface area contributed by atoms with E-state index in [1.807, 2.05) is 52.0 Å². The normalized spacial score (nSPS) is 12.2. The van der Waals surface area contributed by atoms with Gasteiger partial charge in [-0.05, 0) is 72.6 Å². The van der Waals surface area contributed by atoms with Gasteiger partial charge in [-0.25, -0.2) is 9.59 Å². The van der Waals surface area contributed by atoms with Crippen molar-refractivity contribution >= 4 is 23.8 Å². The minimum Gasteiger partial charge on any atom is -0.444 e. The Morgan fingerprint density at radius 2 is 1.48 bits per heavy atom. The van der Waals surface area contributed by atoms with E-state index in [1.165, 1.54) is 0 Å². The van der Waals surface area contributed by atoms with Gasteiger partial charge in [-0.1, -0.05) is 12.1 Å². The first kappa shape index (κ1) is 24.3. The van der Waals surface area contributed by atoms with Crippen molar-refractivity contribution < 1.29 is 19.1 Å². The molecule has 0 bridgehead atoms. The van der Waals surface area contributed by atoms with Crippen LogP contribution in [0.4, 0.5) is 15.3 Å². The topological polar surface area (TPSA) is 101 Å². The van der Waals surface area contributed by atoms with E-state index in [0.29, 0.717) is 25.5 Å². The highest BCUT2D eigenvalue weighted by Gasteiger charge is 2.17. The van der Waals surface area contributed by atoms with Gasteiger partial charge < -0.3 is 20.1 Å². The molecule has 0 aliphatic carbocycles. The van der Waals surface area contributed by atoms with Gasteiger partial charge in [0.15, 0.2) is 0 Å². The van der Waals surface area contributed by atoms with Crippen LogP contribution in [0.1, 0.15) is 54.0 Å².